The Morgan fingerprint density at radius 1 is 1.07 bits per heavy atom. The lowest BCUT2D eigenvalue weighted by Gasteiger charge is -2.21. The smallest absolute Gasteiger partial charge is 0.307 e. The van der Waals surface area contributed by atoms with Gasteiger partial charge in [-0.25, -0.2) is 13.1 Å². The first-order valence-corrected chi connectivity index (χ1v) is 10.8. The summed E-state index contributed by atoms with van der Waals surface area (Å²) < 4.78 is 44.0. The maximum absolute atomic E-state index is 13.1. The van der Waals surface area contributed by atoms with Crippen molar-refractivity contribution in [2.75, 3.05) is 20.8 Å². The molecule has 2 rings (SSSR count). The van der Waals surface area contributed by atoms with Crippen molar-refractivity contribution in [2.24, 2.45) is 0 Å². The average molecular weight is 462 g/mol. The van der Waals surface area contributed by atoms with Gasteiger partial charge in [0.15, 0.2) is 0 Å². The minimum atomic E-state index is -4.16. The van der Waals surface area contributed by atoms with Crippen LogP contribution in [0.1, 0.15) is 24.9 Å². The molecule has 0 aliphatic carbocycles. The number of ether oxygens (including phenoxy) is 3. The first-order chi connectivity index (χ1) is 13.7. The van der Waals surface area contributed by atoms with Crippen LogP contribution in [0.2, 0.25) is 10.0 Å². The average Bonchev–Trinajstić information content (AvgIpc) is 2.67. The van der Waals surface area contributed by atoms with Crippen molar-refractivity contribution in [1.82, 2.24) is 4.72 Å². The maximum Gasteiger partial charge on any atom is 0.307 e. The number of carbonyl (C=O) groups excluding carboxylic acids is 1. The second-order valence-electron chi connectivity index (χ2n) is 5.84. The molecular weight excluding hydrogens is 441 g/mol. The lowest BCUT2D eigenvalue weighted by Crippen LogP contribution is -2.31. The molecule has 1 unspecified atom stereocenters. The van der Waals surface area contributed by atoms with E-state index in [2.05, 4.69) is 4.72 Å². The maximum atomic E-state index is 13.1. The number of hydrogen-bond donors (Lipinski definition) is 1. The lowest BCUT2D eigenvalue weighted by atomic mass is 10.1. The Balaban J connectivity index is 2.49. The number of nitrogens with one attached hydrogen (secondary N) is 1. The first-order valence-electron chi connectivity index (χ1n) is 8.57. The molecule has 0 fully saturated rings. The highest BCUT2D eigenvalue weighted by molar-refractivity contribution is 7.89. The van der Waals surface area contributed by atoms with Gasteiger partial charge in [0, 0.05) is 17.2 Å². The summed E-state index contributed by atoms with van der Waals surface area (Å²) in [6, 6.07) is 8.26. The molecule has 0 aromatic heterocycles. The number of hydrogen-bond acceptors (Lipinski definition) is 6. The quantitative estimate of drug-likeness (QED) is 0.567. The Hall–Kier alpha value is -2.00. The number of halogens is 2. The van der Waals surface area contributed by atoms with Crippen molar-refractivity contribution >= 4 is 39.2 Å². The van der Waals surface area contributed by atoms with Gasteiger partial charge in [0.2, 0.25) is 10.0 Å². The second kappa shape index (κ2) is 10.2. The van der Waals surface area contributed by atoms with Crippen LogP contribution in [0, 0.1) is 0 Å². The summed E-state index contributed by atoms with van der Waals surface area (Å²) >= 11 is 12.3. The van der Waals surface area contributed by atoms with Crippen LogP contribution in [0.15, 0.2) is 41.3 Å². The Morgan fingerprint density at radius 2 is 1.72 bits per heavy atom. The van der Waals surface area contributed by atoms with E-state index in [0.717, 1.165) is 0 Å². The second-order valence-corrected chi connectivity index (χ2v) is 8.34. The summed E-state index contributed by atoms with van der Waals surface area (Å²) in [5.41, 5.74) is 0.436. The van der Waals surface area contributed by atoms with Crippen LogP contribution >= 0.6 is 23.2 Å². The molecule has 0 amide bonds. The summed E-state index contributed by atoms with van der Waals surface area (Å²) in [5, 5.41) is 0.502. The molecule has 7 nitrogen and oxygen atoms in total. The van der Waals surface area contributed by atoms with Crippen LogP contribution in [-0.2, 0) is 19.6 Å². The van der Waals surface area contributed by atoms with Gasteiger partial charge < -0.3 is 14.2 Å². The normalized spacial score (nSPS) is 12.3. The van der Waals surface area contributed by atoms with Gasteiger partial charge >= 0.3 is 5.97 Å². The molecule has 0 radical (unpaired) electrons. The van der Waals surface area contributed by atoms with Crippen LogP contribution in [0.25, 0.3) is 0 Å². The highest BCUT2D eigenvalue weighted by Crippen LogP contribution is 2.36. The zero-order valence-corrected chi connectivity index (χ0v) is 18.4. The Kier molecular flexibility index (Phi) is 8.15. The fourth-order valence-electron chi connectivity index (χ4n) is 2.65. The highest BCUT2D eigenvalue weighted by Gasteiger charge is 2.29. The zero-order chi connectivity index (χ0) is 21.6. The highest BCUT2D eigenvalue weighted by atomic mass is 35.5. The summed E-state index contributed by atoms with van der Waals surface area (Å²) in [6.45, 7) is 1.83. The van der Waals surface area contributed by atoms with Crippen molar-refractivity contribution in [3.05, 3.63) is 52.0 Å². The molecule has 10 heteroatoms. The van der Waals surface area contributed by atoms with Gasteiger partial charge in [-0.05, 0) is 18.6 Å². The van der Waals surface area contributed by atoms with Crippen molar-refractivity contribution in [1.29, 1.82) is 0 Å². The molecule has 2 aromatic rings. The summed E-state index contributed by atoms with van der Waals surface area (Å²) in [7, 11) is -1.47. The molecule has 2 aromatic carbocycles. The largest absolute Gasteiger partial charge is 0.495 e. The third-order valence-corrected chi connectivity index (χ3v) is 6.11. The minimum absolute atomic E-state index is 0.0253. The number of methoxy groups -OCH3 is 2. The number of benzene rings is 2. The third-order valence-electron chi connectivity index (χ3n) is 3.98. The van der Waals surface area contributed by atoms with Crippen LogP contribution in [0.4, 0.5) is 0 Å². The molecule has 1 atom stereocenters. The van der Waals surface area contributed by atoms with Gasteiger partial charge in [-0.15, -0.1) is 0 Å². The van der Waals surface area contributed by atoms with Crippen molar-refractivity contribution in [3.63, 3.8) is 0 Å². The van der Waals surface area contributed by atoms with Crippen molar-refractivity contribution < 1.29 is 27.4 Å². The SMILES string of the molecule is CCOC(=O)CC(NS(=O)(=O)c1cc(OC)c(Cl)cc1OC)c1ccccc1Cl. The van der Waals surface area contributed by atoms with E-state index in [4.69, 9.17) is 37.4 Å². The van der Waals surface area contributed by atoms with E-state index >= 15 is 0 Å². The molecule has 0 spiro atoms. The molecule has 0 aliphatic rings. The minimum Gasteiger partial charge on any atom is -0.495 e. The van der Waals surface area contributed by atoms with Crippen molar-refractivity contribution in [3.8, 4) is 11.5 Å². The molecule has 0 saturated heterocycles. The Bertz CT molecular complexity index is 981. The molecule has 0 heterocycles. The van der Waals surface area contributed by atoms with Gasteiger partial charge in [-0.3, -0.25) is 4.79 Å². The van der Waals surface area contributed by atoms with E-state index in [-0.39, 0.29) is 34.4 Å². The number of rotatable bonds is 9. The fourth-order valence-corrected chi connectivity index (χ4v) is 4.53. The number of sulfonamides is 1. The van der Waals surface area contributed by atoms with E-state index in [1.807, 2.05) is 0 Å². The Labute approximate surface area is 179 Å². The summed E-state index contributed by atoms with van der Waals surface area (Å²) in [5.74, 6) is -0.384. The standard InChI is InChI=1S/C19H21Cl2NO6S/c1-4-28-19(23)10-15(12-7-5-6-8-13(12)20)22-29(24,25)18-11-16(26-2)14(21)9-17(18)27-3/h5-9,11,15,22H,4,10H2,1-3H3. The zero-order valence-electron chi connectivity index (χ0n) is 16.1. The van der Waals surface area contributed by atoms with Gasteiger partial charge in [0.1, 0.15) is 16.4 Å². The molecule has 0 bridgehead atoms. The van der Waals surface area contributed by atoms with Crippen LogP contribution in [0.5, 0.6) is 11.5 Å². The monoisotopic (exact) mass is 461 g/mol. The molecular formula is C19H21Cl2NO6S. The van der Waals surface area contributed by atoms with Crippen LogP contribution in [0.3, 0.4) is 0 Å². The van der Waals surface area contributed by atoms with E-state index in [1.54, 1.807) is 31.2 Å². The fraction of sp³-hybridized carbons (Fsp3) is 0.316. The van der Waals surface area contributed by atoms with E-state index in [1.165, 1.54) is 26.4 Å². The van der Waals surface area contributed by atoms with Crippen molar-refractivity contribution in [2.45, 2.75) is 24.3 Å². The summed E-state index contributed by atoms with van der Waals surface area (Å²) in [4.78, 5) is 11.9. The molecule has 1 N–H and O–H groups in total. The van der Waals surface area contributed by atoms with Crippen LogP contribution in [-0.4, -0.2) is 35.2 Å². The van der Waals surface area contributed by atoms with Crippen LogP contribution < -0.4 is 14.2 Å². The van der Waals surface area contributed by atoms with E-state index < -0.39 is 22.0 Å². The predicted molar refractivity (Wildman–Crippen MR) is 110 cm³/mol. The van der Waals surface area contributed by atoms with E-state index in [0.29, 0.717) is 10.6 Å². The first kappa shape index (κ1) is 23.3. The van der Waals surface area contributed by atoms with Gasteiger partial charge in [-0.1, -0.05) is 41.4 Å². The number of carbonyl (C=O) groups is 1. The molecule has 29 heavy (non-hydrogen) atoms. The van der Waals surface area contributed by atoms with Gasteiger partial charge in [-0.2, -0.15) is 0 Å². The molecule has 0 aliphatic heterocycles. The lowest BCUT2D eigenvalue weighted by molar-refractivity contribution is -0.143. The van der Waals surface area contributed by atoms with Gasteiger partial charge in [0.25, 0.3) is 0 Å². The topological polar surface area (TPSA) is 90.9 Å². The molecule has 0 saturated carbocycles. The Morgan fingerprint density at radius 3 is 2.31 bits per heavy atom. The van der Waals surface area contributed by atoms with E-state index in [9.17, 15) is 13.2 Å². The number of esters is 1. The van der Waals surface area contributed by atoms with Gasteiger partial charge in [0.05, 0.1) is 38.3 Å². The predicted octanol–water partition coefficient (Wildman–Crippen LogP) is 3.98. The third kappa shape index (κ3) is 5.76. The summed E-state index contributed by atoms with van der Waals surface area (Å²) in [6.07, 6.45) is -0.246. The molecule has 158 valence electrons.